The third kappa shape index (κ3) is 3.52. The molecular weight excluding hydrogens is 276 g/mol. The van der Waals surface area contributed by atoms with Crippen molar-refractivity contribution >= 4 is 0 Å². The van der Waals surface area contributed by atoms with Crippen molar-refractivity contribution in [3.63, 3.8) is 0 Å². The summed E-state index contributed by atoms with van der Waals surface area (Å²) >= 11 is 0. The van der Waals surface area contributed by atoms with Crippen LogP contribution in [0.1, 0.15) is 25.2 Å². The van der Waals surface area contributed by atoms with Crippen LogP contribution in [0.4, 0.5) is 8.78 Å². The number of hydrogen-bond acceptors (Lipinski definition) is 3. The summed E-state index contributed by atoms with van der Waals surface area (Å²) in [6.07, 6.45) is 0. The third-order valence-electron chi connectivity index (χ3n) is 2.99. The van der Waals surface area contributed by atoms with Crippen molar-refractivity contribution in [2.45, 2.75) is 33.4 Å². The largest absolute Gasteiger partial charge is 0.309 e. The Balaban J connectivity index is 2.51. The number of hydrogen-bond donors (Lipinski definition) is 1. The van der Waals surface area contributed by atoms with Gasteiger partial charge in [-0.2, -0.15) is 5.10 Å². The highest BCUT2D eigenvalue weighted by Gasteiger charge is 2.12. The molecule has 0 saturated heterocycles. The Labute approximate surface area is 121 Å². The highest BCUT2D eigenvalue weighted by atomic mass is 19.1. The summed E-state index contributed by atoms with van der Waals surface area (Å²) in [5.41, 5.74) is 0.461. The van der Waals surface area contributed by atoms with Crippen LogP contribution in [0.3, 0.4) is 0 Å². The van der Waals surface area contributed by atoms with Gasteiger partial charge in [-0.25, -0.2) is 13.5 Å². The van der Waals surface area contributed by atoms with E-state index >= 15 is 0 Å². The first-order chi connectivity index (χ1) is 9.88. The van der Waals surface area contributed by atoms with Crippen molar-refractivity contribution in [1.29, 1.82) is 0 Å². The molecule has 6 heteroatoms. The smallest absolute Gasteiger partial charge is 0.204 e. The molecule has 0 atom stereocenters. The molecule has 0 aliphatic heterocycles. The van der Waals surface area contributed by atoms with E-state index in [2.05, 4.69) is 10.4 Å². The van der Waals surface area contributed by atoms with Crippen LogP contribution in [0.15, 0.2) is 29.1 Å². The van der Waals surface area contributed by atoms with E-state index in [0.29, 0.717) is 5.69 Å². The highest BCUT2D eigenvalue weighted by Crippen LogP contribution is 2.15. The fraction of sp³-hybridized carbons (Fsp3) is 0.333. The lowest BCUT2D eigenvalue weighted by atomic mass is 10.2. The molecule has 1 heterocycles. The summed E-state index contributed by atoms with van der Waals surface area (Å²) in [5.74, 6) is -1.16. The Morgan fingerprint density at radius 3 is 2.67 bits per heavy atom. The molecule has 1 aromatic carbocycles. The second-order valence-corrected chi connectivity index (χ2v) is 5.14. The second-order valence-electron chi connectivity index (χ2n) is 5.14. The first-order valence-electron chi connectivity index (χ1n) is 6.67. The van der Waals surface area contributed by atoms with Crippen LogP contribution in [-0.4, -0.2) is 15.8 Å². The Kier molecular flexibility index (Phi) is 4.47. The van der Waals surface area contributed by atoms with Crippen molar-refractivity contribution in [1.82, 2.24) is 15.1 Å². The minimum Gasteiger partial charge on any atom is -0.309 e. The Morgan fingerprint density at radius 2 is 2.00 bits per heavy atom. The van der Waals surface area contributed by atoms with Crippen molar-refractivity contribution in [3.8, 4) is 5.69 Å². The van der Waals surface area contributed by atoms with Gasteiger partial charge in [-0.05, 0) is 19.1 Å². The molecule has 2 rings (SSSR count). The van der Waals surface area contributed by atoms with E-state index in [1.54, 1.807) is 6.92 Å². The molecule has 0 radical (unpaired) electrons. The predicted octanol–water partition coefficient (Wildman–Crippen LogP) is 2.32. The molecule has 0 bridgehead atoms. The van der Waals surface area contributed by atoms with E-state index in [1.165, 1.54) is 10.7 Å². The summed E-state index contributed by atoms with van der Waals surface area (Å²) in [6, 6.07) is 4.69. The maximum Gasteiger partial charge on any atom is 0.204 e. The van der Waals surface area contributed by atoms with E-state index < -0.39 is 11.6 Å². The summed E-state index contributed by atoms with van der Waals surface area (Å²) in [6.45, 7) is 5.78. The van der Waals surface area contributed by atoms with Gasteiger partial charge in [-0.15, -0.1) is 0 Å². The highest BCUT2D eigenvalue weighted by molar-refractivity contribution is 5.35. The standard InChI is InChI=1S/C15H17F2N3O/c1-9(2)18-8-13-15(21)6-10(3)20(19-13)14-7-11(16)4-5-12(14)17/h4-7,9,18H,8H2,1-3H3. The van der Waals surface area contributed by atoms with Gasteiger partial charge < -0.3 is 5.32 Å². The van der Waals surface area contributed by atoms with Gasteiger partial charge in [-0.3, -0.25) is 4.79 Å². The van der Waals surface area contributed by atoms with Gasteiger partial charge in [0.15, 0.2) is 0 Å². The van der Waals surface area contributed by atoms with Gasteiger partial charge in [0.05, 0.1) is 0 Å². The Morgan fingerprint density at radius 1 is 1.29 bits per heavy atom. The molecule has 1 N–H and O–H groups in total. The number of rotatable bonds is 4. The van der Waals surface area contributed by atoms with Crippen molar-refractivity contribution < 1.29 is 8.78 Å². The van der Waals surface area contributed by atoms with Crippen LogP contribution >= 0.6 is 0 Å². The Bertz CT molecular complexity index is 711. The normalized spacial score (nSPS) is 11.1. The van der Waals surface area contributed by atoms with E-state index in [1.807, 2.05) is 13.8 Å². The monoisotopic (exact) mass is 293 g/mol. The molecule has 0 amide bonds. The molecule has 112 valence electrons. The zero-order valence-corrected chi connectivity index (χ0v) is 12.2. The first-order valence-corrected chi connectivity index (χ1v) is 6.67. The van der Waals surface area contributed by atoms with E-state index in [4.69, 9.17) is 0 Å². The maximum absolute atomic E-state index is 13.9. The molecular formula is C15H17F2N3O. The van der Waals surface area contributed by atoms with Gasteiger partial charge >= 0.3 is 0 Å². The lowest BCUT2D eigenvalue weighted by molar-refractivity contribution is 0.557. The third-order valence-corrected chi connectivity index (χ3v) is 2.99. The zero-order chi connectivity index (χ0) is 15.6. The average Bonchev–Trinajstić information content (AvgIpc) is 2.41. The van der Waals surface area contributed by atoms with Crippen molar-refractivity contribution in [2.24, 2.45) is 0 Å². The van der Waals surface area contributed by atoms with Gasteiger partial charge in [0, 0.05) is 30.4 Å². The summed E-state index contributed by atoms with van der Waals surface area (Å²) < 4.78 is 28.4. The number of nitrogens with zero attached hydrogens (tertiary/aromatic N) is 2. The lowest BCUT2D eigenvalue weighted by Crippen LogP contribution is -2.28. The van der Waals surface area contributed by atoms with Crippen LogP contribution in [0.5, 0.6) is 0 Å². The topological polar surface area (TPSA) is 46.9 Å². The predicted molar refractivity (Wildman–Crippen MR) is 76.5 cm³/mol. The molecule has 0 spiro atoms. The zero-order valence-electron chi connectivity index (χ0n) is 12.2. The molecule has 21 heavy (non-hydrogen) atoms. The van der Waals surface area contributed by atoms with Gasteiger partial charge in [-0.1, -0.05) is 13.8 Å². The summed E-state index contributed by atoms with van der Waals surface area (Å²) in [5, 5.41) is 7.23. The molecule has 0 fully saturated rings. The quantitative estimate of drug-likeness (QED) is 0.941. The summed E-state index contributed by atoms with van der Waals surface area (Å²) in [7, 11) is 0. The number of aryl methyl sites for hydroxylation is 1. The van der Waals surface area contributed by atoms with E-state index in [0.717, 1.165) is 18.2 Å². The van der Waals surface area contributed by atoms with E-state index in [9.17, 15) is 13.6 Å². The minimum absolute atomic E-state index is 0.0155. The molecule has 1 aromatic heterocycles. The number of benzene rings is 1. The molecule has 0 aliphatic rings. The van der Waals surface area contributed by atoms with Crippen molar-refractivity contribution in [2.75, 3.05) is 0 Å². The minimum atomic E-state index is -0.599. The van der Waals surface area contributed by atoms with Gasteiger partial charge in [0.25, 0.3) is 0 Å². The fourth-order valence-electron chi connectivity index (χ4n) is 1.90. The Hall–Kier alpha value is -2.08. The summed E-state index contributed by atoms with van der Waals surface area (Å²) in [4.78, 5) is 11.9. The van der Waals surface area contributed by atoms with Crippen LogP contribution < -0.4 is 10.7 Å². The van der Waals surface area contributed by atoms with Crippen LogP contribution in [-0.2, 0) is 6.54 Å². The average molecular weight is 293 g/mol. The lowest BCUT2D eigenvalue weighted by Gasteiger charge is -2.13. The van der Waals surface area contributed by atoms with Crippen LogP contribution in [0.25, 0.3) is 5.69 Å². The SMILES string of the molecule is Cc1cc(=O)c(CNC(C)C)nn1-c1cc(F)ccc1F. The van der Waals surface area contributed by atoms with E-state index in [-0.39, 0.29) is 29.4 Å². The molecule has 0 aliphatic carbocycles. The number of aromatic nitrogens is 2. The maximum atomic E-state index is 13.9. The van der Waals surface area contributed by atoms with Crippen molar-refractivity contribution in [3.05, 3.63) is 57.5 Å². The second kappa shape index (κ2) is 6.13. The van der Waals surface area contributed by atoms with Crippen LogP contribution in [0, 0.1) is 18.6 Å². The first kappa shape index (κ1) is 15.3. The van der Waals surface area contributed by atoms with Gasteiger partial charge in [0.2, 0.25) is 5.43 Å². The molecule has 2 aromatic rings. The van der Waals surface area contributed by atoms with Gasteiger partial charge in [0.1, 0.15) is 23.0 Å². The number of nitrogens with one attached hydrogen (secondary N) is 1. The number of halogens is 2. The molecule has 0 saturated carbocycles. The van der Waals surface area contributed by atoms with Crippen LogP contribution in [0.2, 0.25) is 0 Å². The fourth-order valence-corrected chi connectivity index (χ4v) is 1.90. The molecule has 4 nitrogen and oxygen atoms in total. The molecule has 0 unspecified atom stereocenters.